The number of hydrogen-bond acceptors (Lipinski definition) is 2. The Balaban J connectivity index is 2.05. The SMILES string of the molecule is CCC1CCCCCN1C1CC(C)CCC1O. The van der Waals surface area contributed by atoms with Gasteiger partial charge in [0.25, 0.3) is 0 Å². The molecule has 1 saturated heterocycles. The summed E-state index contributed by atoms with van der Waals surface area (Å²) in [6.07, 6.45) is 10.0. The van der Waals surface area contributed by atoms with Crippen LogP contribution >= 0.6 is 0 Å². The molecular formula is C15H29NO. The van der Waals surface area contributed by atoms with Gasteiger partial charge in [0.05, 0.1) is 6.10 Å². The molecule has 2 nitrogen and oxygen atoms in total. The summed E-state index contributed by atoms with van der Waals surface area (Å²) in [5.41, 5.74) is 0. The second-order valence-corrected chi connectivity index (χ2v) is 6.20. The van der Waals surface area contributed by atoms with E-state index in [1.54, 1.807) is 0 Å². The number of likely N-dealkylation sites (tertiary alicyclic amines) is 1. The maximum absolute atomic E-state index is 10.3. The number of aliphatic hydroxyl groups excluding tert-OH is 1. The first kappa shape index (κ1) is 13.4. The Kier molecular flexibility index (Phi) is 4.87. The average molecular weight is 239 g/mol. The minimum absolute atomic E-state index is 0.0710. The Labute approximate surface area is 106 Å². The summed E-state index contributed by atoms with van der Waals surface area (Å²) in [7, 11) is 0. The third-order valence-electron chi connectivity index (χ3n) is 4.86. The minimum atomic E-state index is -0.0710. The van der Waals surface area contributed by atoms with Crippen LogP contribution < -0.4 is 0 Å². The van der Waals surface area contributed by atoms with Crippen molar-refractivity contribution in [3.8, 4) is 0 Å². The molecule has 1 N–H and O–H groups in total. The van der Waals surface area contributed by atoms with Crippen molar-refractivity contribution in [2.75, 3.05) is 6.54 Å². The largest absolute Gasteiger partial charge is 0.391 e. The van der Waals surface area contributed by atoms with E-state index >= 15 is 0 Å². The van der Waals surface area contributed by atoms with Crippen molar-refractivity contribution in [2.45, 2.75) is 83.4 Å². The fraction of sp³-hybridized carbons (Fsp3) is 1.00. The van der Waals surface area contributed by atoms with E-state index in [1.807, 2.05) is 0 Å². The van der Waals surface area contributed by atoms with Gasteiger partial charge in [0.15, 0.2) is 0 Å². The molecular weight excluding hydrogens is 210 g/mol. The van der Waals surface area contributed by atoms with Gasteiger partial charge in [0, 0.05) is 12.1 Å². The molecule has 0 amide bonds. The van der Waals surface area contributed by atoms with E-state index in [0.717, 1.165) is 18.4 Å². The second-order valence-electron chi connectivity index (χ2n) is 6.20. The van der Waals surface area contributed by atoms with Crippen molar-refractivity contribution in [1.82, 2.24) is 4.90 Å². The van der Waals surface area contributed by atoms with E-state index in [-0.39, 0.29) is 6.10 Å². The topological polar surface area (TPSA) is 23.5 Å². The summed E-state index contributed by atoms with van der Waals surface area (Å²) in [5, 5.41) is 10.3. The van der Waals surface area contributed by atoms with E-state index < -0.39 is 0 Å². The fourth-order valence-electron chi connectivity index (χ4n) is 3.77. The van der Waals surface area contributed by atoms with Gasteiger partial charge < -0.3 is 5.11 Å². The van der Waals surface area contributed by atoms with Gasteiger partial charge in [-0.2, -0.15) is 0 Å². The normalized spacial score (nSPS) is 41.1. The molecule has 100 valence electrons. The molecule has 1 saturated carbocycles. The van der Waals surface area contributed by atoms with Crippen molar-refractivity contribution in [3.63, 3.8) is 0 Å². The van der Waals surface area contributed by atoms with E-state index in [9.17, 15) is 5.11 Å². The van der Waals surface area contributed by atoms with Crippen molar-refractivity contribution >= 4 is 0 Å². The monoisotopic (exact) mass is 239 g/mol. The third kappa shape index (κ3) is 3.23. The van der Waals surface area contributed by atoms with Gasteiger partial charge >= 0.3 is 0 Å². The van der Waals surface area contributed by atoms with Crippen molar-refractivity contribution < 1.29 is 5.11 Å². The van der Waals surface area contributed by atoms with Crippen LogP contribution in [0.2, 0.25) is 0 Å². The van der Waals surface area contributed by atoms with Crippen LogP contribution in [-0.2, 0) is 0 Å². The van der Waals surface area contributed by atoms with Gasteiger partial charge in [0.2, 0.25) is 0 Å². The van der Waals surface area contributed by atoms with Crippen LogP contribution in [0.3, 0.4) is 0 Å². The van der Waals surface area contributed by atoms with E-state index in [2.05, 4.69) is 18.7 Å². The van der Waals surface area contributed by atoms with Crippen molar-refractivity contribution in [2.24, 2.45) is 5.92 Å². The highest BCUT2D eigenvalue weighted by Crippen LogP contribution is 2.32. The molecule has 0 aromatic rings. The highest BCUT2D eigenvalue weighted by Gasteiger charge is 2.34. The average Bonchev–Trinajstić information content (AvgIpc) is 2.57. The third-order valence-corrected chi connectivity index (χ3v) is 4.86. The molecule has 2 aliphatic rings. The number of hydrogen-bond donors (Lipinski definition) is 1. The smallest absolute Gasteiger partial charge is 0.0695 e. The highest BCUT2D eigenvalue weighted by molar-refractivity contribution is 4.89. The molecule has 2 heteroatoms. The molecule has 0 bridgehead atoms. The summed E-state index contributed by atoms with van der Waals surface area (Å²) >= 11 is 0. The molecule has 1 aliphatic carbocycles. The van der Waals surface area contributed by atoms with Gasteiger partial charge in [-0.15, -0.1) is 0 Å². The van der Waals surface area contributed by atoms with Gasteiger partial charge in [-0.25, -0.2) is 0 Å². The highest BCUT2D eigenvalue weighted by atomic mass is 16.3. The van der Waals surface area contributed by atoms with Gasteiger partial charge in [0.1, 0.15) is 0 Å². The Bertz CT molecular complexity index is 231. The lowest BCUT2D eigenvalue weighted by atomic mass is 9.83. The van der Waals surface area contributed by atoms with E-state index in [1.165, 1.54) is 51.5 Å². The Morgan fingerprint density at radius 1 is 1.12 bits per heavy atom. The molecule has 0 spiro atoms. The van der Waals surface area contributed by atoms with Gasteiger partial charge in [-0.05, 0) is 51.0 Å². The van der Waals surface area contributed by atoms with Crippen LogP contribution in [0.5, 0.6) is 0 Å². The molecule has 1 aliphatic heterocycles. The summed E-state index contributed by atoms with van der Waals surface area (Å²) in [4.78, 5) is 2.66. The molecule has 2 rings (SSSR count). The number of rotatable bonds is 2. The Morgan fingerprint density at radius 2 is 1.94 bits per heavy atom. The van der Waals surface area contributed by atoms with Crippen LogP contribution in [0.4, 0.5) is 0 Å². The second kappa shape index (κ2) is 6.19. The molecule has 0 aromatic carbocycles. The zero-order valence-electron chi connectivity index (χ0n) is 11.6. The quantitative estimate of drug-likeness (QED) is 0.800. The first-order chi connectivity index (χ1) is 8.22. The van der Waals surface area contributed by atoms with Crippen LogP contribution in [-0.4, -0.2) is 34.7 Å². The summed E-state index contributed by atoms with van der Waals surface area (Å²) < 4.78 is 0. The van der Waals surface area contributed by atoms with Crippen LogP contribution in [0.25, 0.3) is 0 Å². The predicted octanol–water partition coefficient (Wildman–Crippen LogP) is 3.19. The summed E-state index contributed by atoms with van der Waals surface area (Å²) in [6.45, 7) is 5.87. The van der Waals surface area contributed by atoms with Gasteiger partial charge in [-0.1, -0.05) is 26.7 Å². The fourth-order valence-corrected chi connectivity index (χ4v) is 3.77. The maximum Gasteiger partial charge on any atom is 0.0695 e. The van der Waals surface area contributed by atoms with Crippen molar-refractivity contribution in [3.05, 3.63) is 0 Å². The van der Waals surface area contributed by atoms with Crippen LogP contribution in [0.15, 0.2) is 0 Å². The van der Waals surface area contributed by atoms with Gasteiger partial charge in [-0.3, -0.25) is 4.90 Å². The standard InChI is InChI=1S/C15H29NO/c1-3-13-7-5-4-6-10-16(13)14-11-12(2)8-9-15(14)17/h12-15,17H,3-11H2,1-2H3. The Morgan fingerprint density at radius 3 is 2.71 bits per heavy atom. The zero-order chi connectivity index (χ0) is 12.3. The lowest BCUT2D eigenvalue weighted by molar-refractivity contribution is -0.0139. The molecule has 4 unspecified atom stereocenters. The summed E-state index contributed by atoms with van der Waals surface area (Å²) in [6, 6.07) is 1.17. The van der Waals surface area contributed by atoms with Crippen LogP contribution in [0, 0.1) is 5.92 Å². The first-order valence-electron chi connectivity index (χ1n) is 7.66. The molecule has 0 radical (unpaired) electrons. The maximum atomic E-state index is 10.3. The minimum Gasteiger partial charge on any atom is -0.391 e. The predicted molar refractivity (Wildman–Crippen MR) is 72.1 cm³/mol. The number of aliphatic hydroxyl groups is 1. The zero-order valence-corrected chi connectivity index (χ0v) is 11.6. The molecule has 1 heterocycles. The summed E-state index contributed by atoms with van der Waals surface area (Å²) in [5.74, 6) is 0.796. The molecule has 17 heavy (non-hydrogen) atoms. The van der Waals surface area contributed by atoms with E-state index in [0.29, 0.717) is 6.04 Å². The Hall–Kier alpha value is -0.0800. The lowest BCUT2D eigenvalue weighted by Crippen LogP contribution is -2.51. The van der Waals surface area contributed by atoms with Crippen molar-refractivity contribution in [1.29, 1.82) is 0 Å². The number of nitrogens with zero attached hydrogens (tertiary/aromatic N) is 1. The first-order valence-corrected chi connectivity index (χ1v) is 7.66. The van der Waals surface area contributed by atoms with Crippen LogP contribution in [0.1, 0.15) is 65.2 Å². The molecule has 2 fully saturated rings. The molecule has 0 aromatic heterocycles. The molecule has 4 atom stereocenters. The lowest BCUT2D eigenvalue weighted by Gasteiger charge is -2.43. The van der Waals surface area contributed by atoms with E-state index in [4.69, 9.17) is 0 Å².